The Balaban J connectivity index is 1.59. The topological polar surface area (TPSA) is 29.5 Å². The van der Waals surface area contributed by atoms with Crippen molar-refractivity contribution in [3.8, 4) is 5.75 Å². The van der Waals surface area contributed by atoms with E-state index in [0.29, 0.717) is 11.3 Å². The van der Waals surface area contributed by atoms with Gasteiger partial charge in [-0.05, 0) is 91.9 Å². The Hall–Kier alpha value is -1.02. The van der Waals surface area contributed by atoms with Gasteiger partial charge in [0.1, 0.15) is 5.75 Å². The maximum absolute atomic E-state index is 11.2. The van der Waals surface area contributed by atoms with E-state index in [1.165, 1.54) is 44.1 Å². The van der Waals surface area contributed by atoms with Crippen molar-refractivity contribution in [1.82, 2.24) is 0 Å². The van der Waals surface area contributed by atoms with Crippen LogP contribution >= 0.6 is 0 Å². The predicted molar refractivity (Wildman–Crippen MR) is 90.7 cm³/mol. The molecule has 0 unspecified atom stereocenters. The number of aliphatic hydroxyl groups is 1. The fraction of sp³-hybridized carbons (Fsp3) is 0.714. The van der Waals surface area contributed by atoms with E-state index in [1.807, 2.05) is 0 Å². The van der Waals surface area contributed by atoms with E-state index in [1.54, 1.807) is 12.7 Å². The number of fused-ring (bicyclic) bond motifs is 3. The van der Waals surface area contributed by atoms with E-state index in [-0.39, 0.29) is 11.0 Å². The van der Waals surface area contributed by atoms with Gasteiger partial charge in [0.2, 0.25) is 0 Å². The Morgan fingerprint density at radius 1 is 1.09 bits per heavy atom. The number of rotatable bonds is 1. The molecule has 0 amide bonds. The third-order valence-electron chi connectivity index (χ3n) is 8.72. The highest BCUT2D eigenvalue weighted by Gasteiger charge is 2.73. The summed E-state index contributed by atoms with van der Waals surface area (Å²) in [6.45, 7) is 2.42. The molecule has 0 radical (unpaired) electrons. The van der Waals surface area contributed by atoms with E-state index < -0.39 is 0 Å². The van der Waals surface area contributed by atoms with Crippen molar-refractivity contribution >= 4 is 0 Å². The minimum Gasteiger partial charge on any atom is -0.497 e. The second-order valence-electron chi connectivity index (χ2n) is 8.87. The third kappa shape index (κ3) is 1.50. The lowest BCUT2D eigenvalue weighted by Crippen LogP contribution is -2.51. The van der Waals surface area contributed by atoms with Crippen LogP contribution in [0.25, 0.3) is 0 Å². The fourth-order valence-electron chi connectivity index (χ4n) is 7.42. The molecule has 1 aromatic carbocycles. The van der Waals surface area contributed by atoms with Gasteiger partial charge in [0.25, 0.3) is 0 Å². The lowest BCUT2D eigenvalue weighted by molar-refractivity contribution is -0.101. The molecule has 0 saturated heterocycles. The second-order valence-corrected chi connectivity index (χ2v) is 8.87. The average Bonchev–Trinajstić information content (AvgIpc) is 2.95. The van der Waals surface area contributed by atoms with Gasteiger partial charge in [-0.3, -0.25) is 0 Å². The highest BCUT2D eigenvalue weighted by Crippen LogP contribution is 2.77. The summed E-state index contributed by atoms with van der Waals surface area (Å²) in [6.07, 6.45) is 9.55. The first-order chi connectivity index (χ1) is 11.0. The highest BCUT2D eigenvalue weighted by atomic mass is 16.5. The largest absolute Gasteiger partial charge is 0.497 e. The minimum absolute atomic E-state index is 0.172. The molecular weight excluding hydrogens is 284 g/mol. The molecule has 23 heavy (non-hydrogen) atoms. The average molecular weight is 312 g/mol. The van der Waals surface area contributed by atoms with Gasteiger partial charge in [-0.1, -0.05) is 13.0 Å². The molecule has 0 heterocycles. The van der Waals surface area contributed by atoms with E-state index in [2.05, 4.69) is 25.1 Å². The van der Waals surface area contributed by atoms with Gasteiger partial charge in [0, 0.05) is 5.41 Å². The van der Waals surface area contributed by atoms with Crippen molar-refractivity contribution in [2.45, 2.75) is 69.8 Å². The Bertz CT molecular complexity index is 656. The van der Waals surface area contributed by atoms with E-state index in [4.69, 9.17) is 4.74 Å². The Morgan fingerprint density at radius 2 is 1.87 bits per heavy atom. The first-order valence-electron chi connectivity index (χ1n) is 9.42. The van der Waals surface area contributed by atoms with Crippen LogP contribution in [0.2, 0.25) is 0 Å². The quantitative estimate of drug-likeness (QED) is 0.830. The van der Waals surface area contributed by atoms with Crippen molar-refractivity contribution in [1.29, 1.82) is 0 Å². The summed E-state index contributed by atoms with van der Waals surface area (Å²) < 4.78 is 5.43. The smallest absolute Gasteiger partial charge is 0.119 e. The number of ether oxygens (including phenoxy) is 1. The Labute approximate surface area is 139 Å². The van der Waals surface area contributed by atoms with Gasteiger partial charge in [-0.25, -0.2) is 0 Å². The minimum atomic E-state index is -0.363. The molecule has 1 N–H and O–H groups in total. The van der Waals surface area contributed by atoms with Crippen molar-refractivity contribution in [2.24, 2.45) is 16.7 Å². The molecule has 3 atom stereocenters. The molecule has 2 nitrogen and oxygen atoms in total. The summed E-state index contributed by atoms with van der Waals surface area (Å²) in [4.78, 5) is 0. The van der Waals surface area contributed by atoms with Crippen LogP contribution in [0.15, 0.2) is 18.2 Å². The molecule has 1 aromatic rings. The SMILES string of the molecule is COc1ccc2c(c1)CC[C@@H]1[C@@H]2CC[C@]2(C)C3(O)CCC12CC3. The summed E-state index contributed by atoms with van der Waals surface area (Å²) in [5.41, 5.74) is 3.31. The lowest BCUT2D eigenvalue weighted by atomic mass is 9.48. The Kier molecular flexibility index (Phi) is 2.70. The molecule has 2 bridgehead atoms. The van der Waals surface area contributed by atoms with Gasteiger partial charge >= 0.3 is 0 Å². The van der Waals surface area contributed by atoms with Crippen LogP contribution in [-0.4, -0.2) is 17.8 Å². The summed E-state index contributed by atoms with van der Waals surface area (Å²) in [5.74, 6) is 2.48. The highest BCUT2D eigenvalue weighted by molar-refractivity contribution is 5.42. The summed E-state index contributed by atoms with van der Waals surface area (Å²) in [6, 6.07) is 6.74. The van der Waals surface area contributed by atoms with Crippen LogP contribution in [0.1, 0.15) is 68.9 Å². The fourth-order valence-corrected chi connectivity index (χ4v) is 7.42. The molecule has 124 valence electrons. The third-order valence-corrected chi connectivity index (χ3v) is 8.72. The molecule has 3 fully saturated rings. The van der Waals surface area contributed by atoms with Crippen LogP contribution in [0.5, 0.6) is 5.75 Å². The summed E-state index contributed by atoms with van der Waals surface area (Å²) in [5, 5.41) is 11.2. The van der Waals surface area contributed by atoms with E-state index in [9.17, 15) is 5.11 Å². The zero-order valence-electron chi connectivity index (χ0n) is 14.4. The monoisotopic (exact) mass is 312 g/mol. The van der Waals surface area contributed by atoms with Crippen LogP contribution in [0.4, 0.5) is 0 Å². The van der Waals surface area contributed by atoms with Gasteiger partial charge in [0.05, 0.1) is 12.7 Å². The van der Waals surface area contributed by atoms with E-state index >= 15 is 0 Å². The number of methoxy groups -OCH3 is 1. The number of hydrogen-bond donors (Lipinski definition) is 1. The van der Waals surface area contributed by atoms with Crippen molar-refractivity contribution in [2.75, 3.05) is 7.11 Å². The standard InChI is InChI=1S/C21H28O2/c1-19-8-7-17-16-5-4-15(23-2)13-14(16)3-6-18(17)20(19)9-11-21(19,22)12-10-20/h4-5,13,17-18,22H,3,6-12H2,1-2H3/t17-,18-,19+,20?,21?/m1/s1. The molecule has 4 aliphatic rings. The Morgan fingerprint density at radius 3 is 2.61 bits per heavy atom. The van der Waals surface area contributed by atoms with Crippen LogP contribution in [0.3, 0.4) is 0 Å². The summed E-state index contributed by atoms with van der Waals surface area (Å²) in [7, 11) is 1.76. The molecule has 4 aliphatic carbocycles. The molecular formula is C21H28O2. The maximum Gasteiger partial charge on any atom is 0.119 e. The molecule has 2 heteroatoms. The van der Waals surface area contributed by atoms with Gasteiger partial charge in [-0.15, -0.1) is 0 Å². The van der Waals surface area contributed by atoms with Crippen molar-refractivity contribution in [3.63, 3.8) is 0 Å². The molecule has 0 aromatic heterocycles. The number of aryl methyl sites for hydroxylation is 1. The lowest BCUT2D eigenvalue weighted by Gasteiger charge is -2.56. The molecule has 3 saturated carbocycles. The molecule has 5 rings (SSSR count). The van der Waals surface area contributed by atoms with Crippen LogP contribution in [-0.2, 0) is 6.42 Å². The van der Waals surface area contributed by atoms with Gasteiger partial charge in [-0.2, -0.15) is 0 Å². The van der Waals surface area contributed by atoms with Gasteiger partial charge < -0.3 is 9.84 Å². The first-order valence-corrected chi connectivity index (χ1v) is 9.42. The zero-order chi connectivity index (χ0) is 15.9. The number of benzene rings is 1. The van der Waals surface area contributed by atoms with Crippen molar-refractivity contribution in [3.05, 3.63) is 29.3 Å². The summed E-state index contributed by atoms with van der Waals surface area (Å²) >= 11 is 0. The van der Waals surface area contributed by atoms with Crippen molar-refractivity contribution < 1.29 is 9.84 Å². The van der Waals surface area contributed by atoms with Crippen LogP contribution < -0.4 is 4.74 Å². The predicted octanol–water partition coefficient (Wildman–Crippen LogP) is 4.45. The molecule has 0 aliphatic heterocycles. The zero-order valence-corrected chi connectivity index (χ0v) is 14.4. The van der Waals surface area contributed by atoms with Crippen LogP contribution in [0, 0.1) is 16.7 Å². The first kappa shape index (κ1) is 14.3. The van der Waals surface area contributed by atoms with E-state index in [0.717, 1.165) is 24.5 Å². The number of hydrogen-bond acceptors (Lipinski definition) is 2. The van der Waals surface area contributed by atoms with Gasteiger partial charge in [0.15, 0.2) is 0 Å². The molecule has 0 spiro atoms. The second kappa shape index (κ2) is 4.33. The normalized spacial score (nSPS) is 46.9. The maximum atomic E-state index is 11.2.